The monoisotopic (exact) mass is 838 g/mol. The summed E-state index contributed by atoms with van der Waals surface area (Å²) in [4.78, 5) is 24.4. The van der Waals surface area contributed by atoms with Gasteiger partial charge in [-0.3, -0.25) is 9.59 Å². The van der Waals surface area contributed by atoms with E-state index in [0.29, 0.717) is 25.7 Å². The Hall–Kier alpha value is -1.50. The molecule has 8 fully saturated rings. The van der Waals surface area contributed by atoms with Gasteiger partial charge in [0.1, 0.15) is 24.4 Å². The van der Waals surface area contributed by atoms with Crippen LogP contribution < -0.4 is 0 Å². The molecule has 0 aromatic heterocycles. The summed E-state index contributed by atoms with van der Waals surface area (Å²) >= 11 is 0. The van der Waals surface area contributed by atoms with E-state index in [1.165, 1.54) is 13.8 Å². The Labute approximate surface area is 347 Å². The smallest absolute Gasteiger partial charge is 0.303 e. The number of hydrogen-bond acceptors (Lipinski definition) is 15. The second-order valence-corrected chi connectivity index (χ2v) is 21.8. The van der Waals surface area contributed by atoms with Crippen LogP contribution in [-0.4, -0.2) is 141 Å². The van der Waals surface area contributed by atoms with Gasteiger partial charge in [0.25, 0.3) is 0 Å². The number of ether oxygens (including phenoxy) is 7. The number of hydrogen-bond donors (Lipinski definition) is 6. The number of esters is 2. The maximum absolute atomic E-state index is 12.3. The Kier molecular flexibility index (Phi) is 10.9. The number of aliphatic hydroxyl groups excluding tert-OH is 5. The highest BCUT2D eigenvalue weighted by Gasteiger charge is 2.85. The predicted molar refractivity (Wildman–Crippen MR) is 207 cm³/mol. The average molecular weight is 839 g/mol. The van der Waals surface area contributed by atoms with Crippen LogP contribution in [0.5, 0.6) is 0 Å². The Balaban J connectivity index is 1.13. The fraction of sp³-hybridized carbons (Fsp3) is 0.955. The van der Waals surface area contributed by atoms with Crippen LogP contribution in [-0.2, 0) is 42.7 Å². The summed E-state index contributed by atoms with van der Waals surface area (Å²) in [5.74, 6) is -1.47. The SMILES string of the molecule is CC(=O)OC1C(O)COC(OC2CC[C@]34C[C@]35CC[C@]3(C)C(C6(C)CC[C@H](C(C)(C)O)O6)[C@@H](O)C[C@@]3(C)C5C[C@H](OC3OCC(O)C(O)C3O)C4C2(C)C)C1OC(C)=O. The lowest BCUT2D eigenvalue weighted by Gasteiger charge is -2.65. The van der Waals surface area contributed by atoms with Crippen molar-refractivity contribution in [2.45, 2.75) is 205 Å². The Morgan fingerprint density at radius 1 is 0.695 bits per heavy atom. The van der Waals surface area contributed by atoms with Crippen molar-refractivity contribution in [2.75, 3.05) is 13.2 Å². The molecule has 59 heavy (non-hydrogen) atoms. The van der Waals surface area contributed by atoms with Crippen molar-refractivity contribution in [1.29, 1.82) is 0 Å². The minimum absolute atomic E-state index is 0.0659. The van der Waals surface area contributed by atoms with E-state index in [9.17, 15) is 40.2 Å². The normalized spacial score (nSPS) is 54.0. The Bertz CT molecular complexity index is 1630. The Morgan fingerprint density at radius 2 is 1.34 bits per heavy atom. The van der Waals surface area contributed by atoms with Crippen molar-refractivity contribution in [3.63, 3.8) is 0 Å². The molecule has 8 aliphatic rings. The van der Waals surface area contributed by atoms with E-state index in [1.54, 1.807) is 13.8 Å². The third-order valence-corrected chi connectivity index (χ3v) is 17.8. The van der Waals surface area contributed by atoms with Gasteiger partial charge in [0.05, 0.1) is 48.8 Å². The number of rotatable bonds is 8. The van der Waals surface area contributed by atoms with E-state index in [4.69, 9.17) is 33.2 Å². The van der Waals surface area contributed by atoms with Gasteiger partial charge in [-0.2, -0.15) is 0 Å². The molecular formula is C44H70O15. The minimum Gasteiger partial charge on any atom is -0.455 e. The van der Waals surface area contributed by atoms with E-state index in [1.807, 2.05) is 0 Å². The largest absolute Gasteiger partial charge is 0.455 e. The highest BCUT2D eigenvalue weighted by Crippen LogP contribution is 2.89. The van der Waals surface area contributed by atoms with Crippen LogP contribution in [0.1, 0.15) is 120 Å². The summed E-state index contributed by atoms with van der Waals surface area (Å²) in [5.41, 5.74) is -3.16. The summed E-state index contributed by atoms with van der Waals surface area (Å²) in [6.07, 6.45) is -5.24. The van der Waals surface area contributed by atoms with E-state index < -0.39 is 96.1 Å². The molecule has 3 aliphatic heterocycles. The second kappa shape index (κ2) is 14.5. The van der Waals surface area contributed by atoms with Crippen LogP contribution in [0.4, 0.5) is 0 Å². The summed E-state index contributed by atoms with van der Waals surface area (Å²) in [5, 5.41) is 66.3. The lowest BCUT2D eigenvalue weighted by Crippen LogP contribution is -2.65. The molecule has 8 rings (SSSR count). The van der Waals surface area contributed by atoms with Gasteiger partial charge in [-0.05, 0) is 117 Å². The Morgan fingerprint density at radius 3 is 1.98 bits per heavy atom. The number of aliphatic hydroxyl groups is 6. The summed E-state index contributed by atoms with van der Waals surface area (Å²) in [7, 11) is 0. The zero-order chi connectivity index (χ0) is 43.0. The van der Waals surface area contributed by atoms with Gasteiger partial charge in [-0.15, -0.1) is 0 Å². The highest BCUT2D eigenvalue weighted by molar-refractivity contribution is 5.67. The molecule has 0 radical (unpaired) electrons. The molecule has 5 aliphatic carbocycles. The first-order valence-electron chi connectivity index (χ1n) is 22.0. The van der Waals surface area contributed by atoms with E-state index in [0.717, 1.165) is 32.1 Å². The van der Waals surface area contributed by atoms with Crippen molar-refractivity contribution in [2.24, 2.45) is 44.8 Å². The summed E-state index contributed by atoms with van der Waals surface area (Å²) < 4.78 is 43.5. The molecule has 0 aromatic rings. The van der Waals surface area contributed by atoms with Crippen molar-refractivity contribution >= 4 is 11.9 Å². The zero-order valence-corrected chi connectivity index (χ0v) is 36.3. The number of fused-ring (bicyclic) bond motifs is 2. The first kappa shape index (κ1) is 44.1. The van der Waals surface area contributed by atoms with Gasteiger partial charge in [0, 0.05) is 19.8 Å². The van der Waals surface area contributed by atoms with Crippen LogP contribution >= 0.6 is 0 Å². The molecular weight excluding hydrogens is 768 g/mol. The maximum atomic E-state index is 12.3. The average Bonchev–Trinajstić information content (AvgIpc) is 3.49. The molecule has 15 nitrogen and oxygen atoms in total. The number of carbonyl (C=O) groups excluding carboxylic acids is 2. The van der Waals surface area contributed by atoms with Crippen molar-refractivity contribution in [3.8, 4) is 0 Å². The minimum atomic E-state index is -1.49. The third kappa shape index (κ3) is 6.60. The standard InChI is InChI=1S/C44H70O15/c1-21(45)55-32-25(49)19-54-37(33(32)56-22(2)46)58-28-11-13-44-20-43(44)15-14-40(7)34(42(9)12-10-29(59-42)39(5,6)52)23(47)17-41(40,8)27(43)16-26(35(44)38(28,3)4)57-36-31(51)30(50)24(48)18-53-36/h23-37,47-52H,10-20H2,1-9H3/t23-,24?,25?,26-,27?,28?,29+,30?,31?,32?,33?,34?,35?,36?,37?,40+,41-,42?,43-,44+/m0/s1. The zero-order valence-electron chi connectivity index (χ0n) is 36.3. The van der Waals surface area contributed by atoms with E-state index >= 15 is 0 Å². The van der Waals surface area contributed by atoms with Crippen LogP contribution in [0.15, 0.2) is 0 Å². The van der Waals surface area contributed by atoms with Gasteiger partial charge in [-0.25, -0.2) is 0 Å². The van der Waals surface area contributed by atoms with E-state index in [-0.39, 0.29) is 58.7 Å². The molecule has 3 saturated heterocycles. The quantitative estimate of drug-likeness (QED) is 0.153. The van der Waals surface area contributed by atoms with Crippen molar-refractivity contribution in [1.82, 2.24) is 0 Å². The molecule has 0 aromatic carbocycles. The van der Waals surface area contributed by atoms with Crippen molar-refractivity contribution < 1.29 is 73.4 Å². The second-order valence-electron chi connectivity index (χ2n) is 21.8. The maximum Gasteiger partial charge on any atom is 0.303 e. The molecule has 5 saturated carbocycles. The lowest BCUT2D eigenvalue weighted by atomic mass is 9.41. The van der Waals surface area contributed by atoms with Crippen LogP contribution in [0.3, 0.4) is 0 Å². The lowest BCUT2D eigenvalue weighted by molar-refractivity contribution is -0.327. The van der Waals surface area contributed by atoms with E-state index in [2.05, 4.69) is 34.6 Å². The molecule has 0 bridgehead atoms. The molecule has 336 valence electrons. The molecule has 3 heterocycles. The fourth-order valence-electron chi connectivity index (χ4n) is 15.2. The van der Waals surface area contributed by atoms with Gasteiger partial charge < -0.3 is 63.8 Å². The first-order valence-corrected chi connectivity index (χ1v) is 22.0. The topological polar surface area (TPSA) is 220 Å². The molecule has 13 unspecified atom stereocenters. The summed E-state index contributed by atoms with van der Waals surface area (Å²) in [6.45, 7) is 16.7. The van der Waals surface area contributed by atoms with Crippen LogP contribution in [0.25, 0.3) is 0 Å². The van der Waals surface area contributed by atoms with Gasteiger partial charge in [0.2, 0.25) is 0 Å². The molecule has 0 amide bonds. The number of carbonyl (C=O) groups is 2. The third-order valence-electron chi connectivity index (χ3n) is 17.8. The highest BCUT2D eigenvalue weighted by atomic mass is 16.7. The molecule has 6 N–H and O–H groups in total. The molecule has 20 atom stereocenters. The fourth-order valence-corrected chi connectivity index (χ4v) is 15.2. The van der Waals surface area contributed by atoms with Crippen LogP contribution in [0.2, 0.25) is 0 Å². The molecule has 15 heteroatoms. The molecule has 2 spiro atoms. The first-order chi connectivity index (χ1) is 27.3. The van der Waals surface area contributed by atoms with Gasteiger partial charge >= 0.3 is 11.9 Å². The predicted octanol–water partition coefficient (Wildman–Crippen LogP) is 2.50. The van der Waals surface area contributed by atoms with Crippen molar-refractivity contribution in [3.05, 3.63) is 0 Å². The van der Waals surface area contributed by atoms with Gasteiger partial charge in [0.15, 0.2) is 24.8 Å². The van der Waals surface area contributed by atoms with Crippen LogP contribution in [0, 0.1) is 44.8 Å². The van der Waals surface area contributed by atoms with Gasteiger partial charge in [-0.1, -0.05) is 27.7 Å². The summed E-state index contributed by atoms with van der Waals surface area (Å²) in [6, 6.07) is 0.